The number of fused-ring (bicyclic) bond motifs is 1. The topological polar surface area (TPSA) is 90.0 Å². The summed E-state index contributed by atoms with van der Waals surface area (Å²) in [5.74, 6) is 0.265. The average Bonchev–Trinajstić information content (AvgIpc) is 3.11. The van der Waals surface area contributed by atoms with Crippen molar-refractivity contribution in [2.45, 2.75) is 25.9 Å². The summed E-state index contributed by atoms with van der Waals surface area (Å²) in [4.78, 5) is 39.3. The minimum Gasteiger partial charge on any atom is -0.393 e. The second kappa shape index (κ2) is 8.71. The summed E-state index contributed by atoms with van der Waals surface area (Å²) in [5.41, 5.74) is 0. The molecular weight excluding hydrogens is 330 g/mol. The molecule has 2 fully saturated rings. The first-order chi connectivity index (χ1) is 11.5. The number of thioether (sulfide) groups is 1. The number of hydrogen-bond donors (Lipinski definition) is 2. The van der Waals surface area contributed by atoms with Crippen molar-refractivity contribution >= 4 is 29.5 Å². The summed E-state index contributed by atoms with van der Waals surface area (Å²) in [6, 6.07) is 0. The van der Waals surface area contributed by atoms with E-state index in [-0.39, 0.29) is 24.2 Å². The van der Waals surface area contributed by atoms with Gasteiger partial charge in [-0.3, -0.25) is 14.4 Å². The van der Waals surface area contributed by atoms with Crippen LogP contribution in [0.4, 0.5) is 0 Å². The predicted octanol–water partition coefficient (Wildman–Crippen LogP) is -0.457. The largest absolute Gasteiger partial charge is 0.393 e. The van der Waals surface area contributed by atoms with E-state index in [4.69, 9.17) is 0 Å². The number of aliphatic hydroxyl groups is 1. The molecular formula is C16H27N3O4S. The van der Waals surface area contributed by atoms with Gasteiger partial charge in [0, 0.05) is 44.6 Å². The zero-order valence-electron chi connectivity index (χ0n) is 14.4. The van der Waals surface area contributed by atoms with Crippen molar-refractivity contribution in [1.29, 1.82) is 0 Å². The molecule has 0 aromatic heterocycles. The number of carbonyl (C=O) groups is 3. The van der Waals surface area contributed by atoms with Crippen molar-refractivity contribution in [2.24, 2.45) is 11.8 Å². The van der Waals surface area contributed by atoms with Crippen LogP contribution in [0.1, 0.15) is 19.8 Å². The predicted molar refractivity (Wildman–Crippen MR) is 92.4 cm³/mol. The molecule has 8 heteroatoms. The molecule has 2 aliphatic heterocycles. The van der Waals surface area contributed by atoms with E-state index in [9.17, 15) is 19.5 Å². The fourth-order valence-electron chi connectivity index (χ4n) is 3.43. The van der Waals surface area contributed by atoms with Gasteiger partial charge in [0.2, 0.25) is 5.91 Å². The second-order valence-electron chi connectivity index (χ2n) is 6.53. The van der Waals surface area contributed by atoms with Gasteiger partial charge in [0.05, 0.1) is 12.5 Å². The average molecular weight is 357 g/mol. The van der Waals surface area contributed by atoms with Crippen LogP contribution in [0.5, 0.6) is 0 Å². The molecule has 0 aliphatic carbocycles. The van der Waals surface area contributed by atoms with Crippen LogP contribution in [0, 0.1) is 11.8 Å². The number of likely N-dealkylation sites (N-methyl/N-ethyl adjacent to an activating group) is 1. The van der Waals surface area contributed by atoms with E-state index in [2.05, 4.69) is 5.32 Å². The lowest BCUT2D eigenvalue weighted by molar-refractivity contribution is -0.145. The standard InChI is InChI=1S/C16H27N3O4S/c1-3-17-15(22)16(23)19-9-11-7-18(8-12(11)10-19)14(21)6-13(20)4-5-24-2/h11-13,20H,3-10H2,1-2H3,(H,17,22)/t11-,12+,13-/m0/s1. The zero-order valence-corrected chi connectivity index (χ0v) is 15.2. The summed E-state index contributed by atoms with van der Waals surface area (Å²) < 4.78 is 0. The quantitative estimate of drug-likeness (QED) is 0.628. The van der Waals surface area contributed by atoms with Crippen molar-refractivity contribution in [3.63, 3.8) is 0 Å². The van der Waals surface area contributed by atoms with Gasteiger partial charge in [-0.25, -0.2) is 0 Å². The number of nitrogens with zero attached hydrogens (tertiary/aromatic N) is 2. The Morgan fingerprint density at radius 1 is 1.17 bits per heavy atom. The van der Waals surface area contributed by atoms with E-state index in [1.54, 1.807) is 28.5 Å². The molecule has 24 heavy (non-hydrogen) atoms. The summed E-state index contributed by atoms with van der Waals surface area (Å²) in [7, 11) is 0. The Hall–Kier alpha value is -1.28. The Morgan fingerprint density at radius 2 is 1.75 bits per heavy atom. The van der Waals surface area contributed by atoms with Crippen molar-refractivity contribution in [3.05, 3.63) is 0 Å². The van der Waals surface area contributed by atoms with Gasteiger partial charge in [0.1, 0.15) is 0 Å². The third-order valence-electron chi connectivity index (χ3n) is 4.72. The van der Waals surface area contributed by atoms with Crippen molar-refractivity contribution in [1.82, 2.24) is 15.1 Å². The van der Waals surface area contributed by atoms with Gasteiger partial charge < -0.3 is 20.2 Å². The molecule has 0 spiro atoms. The molecule has 3 amide bonds. The monoisotopic (exact) mass is 357 g/mol. The SMILES string of the molecule is CCNC(=O)C(=O)N1C[C@H]2CN(C(=O)C[C@@H](O)CCSC)C[C@H]2C1. The summed E-state index contributed by atoms with van der Waals surface area (Å²) in [6.07, 6.45) is 2.19. The van der Waals surface area contributed by atoms with Gasteiger partial charge in [-0.1, -0.05) is 0 Å². The van der Waals surface area contributed by atoms with Crippen LogP contribution in [-0.4, -0.2) is 83.5 Å². The highest BCUT2D eigenvalue weighted by Gasteiger charge is 2.44. The molecule has 0 aromatic carbocycles. The smallest absolute Gasteiger partial charge is 0.311 e. The van der Waals surface area contributed by atoms with E-state index < -0.39 is 17.9 Å². The molecule has 0 saturated carbocycles. The number of nitrogens with one attached hydrogen (secondary N) is 1. The maximum Gasteiger partial charge on any atom is 0.311 e. The lowest BCUT2D eigenvalue weighted by Crippen LogP contribution is -2.43. The molecule has 2 rings (SSSR count). The van der Waals surface area contributed by atoms with Gasteiger partial charge in [-0.05, 0) is 25.4 Å². The fraction of sp³-hybridized carbons (Fsp3) is 0.812. The van der Waals surface area contributed by atoms with Gasteiger partial charge in [-0.2, -0.15) is 11.8 Å². The van der Waals surface area contributed by atoms with Gasteiger partial charge in [0.25, 0.3) is 0 Å². The first-order valence-corrected chi connectivity index (χ1v) is 9.87. The number of carbonyl (C=O) groups excluding carboxylic acids is 3. The van der Waals surface area contributed by atoms with E-state index in [1.165, 1.54) is 0 Å². The third kappa shape index (κ3) is 4.63. The highest BCUT2D eigenvalue weighted by molar-refractivity contribution is 7.98. The summed E-state index contributed by atoms with van der Waals surface area (Å²) >= 11 is 1.66. The Kier molecular flexibility index (Phi) is 6.91. The van der Waals surface area contributed by atoms with E-state index in [0.717, 1.165) is 5.75 Å². The molecule has 0 aromatic rings. The lowest BCUT2D eigenvalue weighted by Gasteiger charge is -2.22. The first kappa shape index (κ1) is 19.1. The molecule has 136 valence electrons. The van der Waals surface area contributed by atoms with Gasteiger partial charge in [-0.15, -0.1) is 0 Å². The maximum atomic E-state index is 12.3. The normalized spacial score (nSPS) is 24.0. The number of hydrogen-bond acceptors (Lipinski definition) is 5. The number of aliphatic hydroxyl groups excluding tert-OH is 1. The van der Waals surface area contributed by atoms with Crippen LogP contribution in [0.25, 0.3) is 0 Å². The van der Waals surface area contributed by atoms with Crippen molar-refractivity contribution in [2.75, 3.05) is 44.7 Å². The van der Waals surface area contributed by atoms with Crippen molar-refractivity contribution < 1.29 is 19.5 Å². The van der Waals surface area contributed by atoms with Crippen molar-refractivity contribution in [3.8, 4) is 0 Å². The van der Waals surface area contributed by atoms with Crippen LogP contribution in [0.2, 0.25) is 0 Å². The van der Waals surface area contributed by atoms with E-state index in [0.29, 0.717) is 39.1 Å². The molecule has 2 aliphatic rings. The van der Waals surface area contributed by atoms with Gasteiger partial charge >= 0.3 is 11.8 Å². The Labute approximate surface area is 147 Å². The van der Waals surface area contributed by atoms with Crippen LogP contribution in [0.15, 0.2) is 0 Å². The zero-order chi connectivity index (χ0) is 17.7. The molecule has 7 nitrogen and oxygen atoms in total. The Balaban J connectivity index is 1.79. The molecule has 2 N–H and O–H groups in total. The van der Waals surface area contributed by atoms with Crippen LogP contribution in [-0.2, 0) is 14.4 Å². The molecule has 3 atom stereocenters. The first-order valence-electron chi connectivity index (χ1n) is 8.48. The highest BCUT2D eigenvalue weighted by Crippen LogP contribution is 2.31. The van der Waals surface area contributed by atoms with E-state index >= 15 is 0 Å². The second-order valence-corrected chi connectivity index (χ2v) is 7.51. The number of likely N-dealkylation sites (tertiary alicyclic amines) is 2. The summed E-state index contributed by atoms with van der Waals surface area (Å²) in [6.45, 7) is 4.49. The minimum absolute atomic E-state index is 0.0143. The molecule has 2 saturated heterocycles. The highest BCUT2D eigenvalue weighted by atomic mass is 32.2. The summed E-state index contributed by atoms with van der Waals surface area (Å²) in [5, 5.41) is 12.4. The van der Waals surface area contributed by atoms with Crippen LogP contribution >= 0.6 is 11.8 Å². The van der Waals surface area contributed by atoms with E-state index in [1.807, 2.05) is 6.26 Å². The fourth-order valence-corrected chi connectivity index (χ4v) is 3.94. The van der Waals surface area contributed by atoms with Crippen LogP contribution in [0.3, 0.4) is 0 Å². The van der Waals surface area contributed by atoms with Crippen LogP contribution < -0.4 is 5.32 Å². The Bertz CT molecular complexity index is 474. The number of rotatable bonds is 6. The number of amides is 3. The lowest BCUT2D eigenvalue weighted by atomic mass is 10.0. The maximum absolute atomic E-state index is 12.3. The van der Waals surface area contributed by atoms with Gasteiger partial charge in [0.15, 0.2) is 0 Å². The molecule has 0 radical (unpaired) electrons. The molecule has 0 unspecified atom stereocenters. The molecule has 2 heterocycles. The third-order valence-corrected chi connectivity index (χ3v) is 5.37. The molecule has 0 bridgehead atoms. The Morgan fingerprint density at radius 3 is 2.29 bits per heavy atom. The minimum atomic E-state index is -0.582.